The van der Waals surface area contributed by atoms with Gasteiger partial charge in [-0.2, -0.15) is 4.98 Å². The minimum absolute atomic E-state index is 0.0571. The Kier molecular flexibility index (Phi) is 7.82. The standard InChI is InChI=1S/C22H25ClN4O3/c1-16-5-7-17(8-6-16)21-25-22(30-15-14-29-2)26-27(21)19-11-9-18(10-12-19)24-20(28)4-3-13-23/h5-12H,3-4,13-15H2,1-2H3,(H,24,28). The number of ether oxygens (including phenoxy) is 2. The van der Waals surface area contributed by atoms with Gasteiger partial charge >= 0.3 is 6.01 Å². The van der Waals surface area contributed by atoms with Crippen LogP contribution in [0.5, 0.6) is 6.01 Å². The van der Waals surface area contributed by atoms with Crippen molar-refractivity contribution in [3.63, 3.8) is 0 Å². The van der Waals surface area contributed by atoms with Gasteiger partial charge in [-0.25, -0.2) is 4.68 Å². The number of hydrogen-bond donors (Lipinski definition) is 1. The van der Waals surface area contributed by atoms with Crippen LogP contribution >= 0.6 is 11.6 Å². The van der Waals surface area contributed by atoms with E-state index in [1.54, 1.807) is 11.8 Å². The number of rotatable bonds is 10. The maximum atomic E-state index is 11.9. The summed E-state index contributed by atoms with van der Waals surface area (Å²) in [4.78, 5) is 16.5. The summed E-state index contributed by atoms with van der Waals surface area (Å²) in [7, 11) is 1.61. The lowest BCUT2D eigenvalue weighted by molar-refractivity contribution is -0.116. The average Bonchev–Trinajstić information content (AvgIpc) is 3.17. The predicted molar refractivity (Wildman–Crippen MR) is 117 cm³/mol. The molecule has 0 saturated heterocycles. The molecule has 0 aliphatic rings. The van der Waals surface area contributed by atoms with E-state index in [1.807, 2.05) is 55.5 Å². The third-order valence-corrected chi connectivity index (χ3v) is 4.62. The van der Waals surface area contributed by atoms with Gasteiger partial charge in [0.2, 0.25) is 5.91 Å². The Morgan fingerprint density at radius 2 is 1.83 bits per heavy atom. The summed E-state index contributed by atoms with van der Waals surface area (Å²) >= 11 is 5.64. The van der Waals surface area contributed by atoms with Crippen LogP contribution in [0, 0.1) is 6.92 Å². The molecule has 0 radical (unpaired) electrons. The molecule has 3 aromatic rings. The number of amides is 1. The molecular weight excluding hydrogens is 404 g/mol. The molecule has 1 heterocycles. The minimum atomic E-state index is -0.0571. The molecule has 8 heteroatoms. The van der Waals surface area contributed by atoms with Gasteiger partial charge in [0.15, 0.2) is 5.82 Å². The second-order valence-electron chi connectivity index (χ2n) is 6.72. The van der Waals surface area contributed by atoms with Gasteiger partial charge in [-0.1, -0.05) is 29.8 Å². The number of aryl methyl sites for hydroxylation is 1. The molecule has 1 N–H and O–H groups in total. The summed E-state index contributed by atoms with van der Waals surface area (Å²) in [5.41, 5.74) is 3.61. The van der Waals surface area contributed by atoms with Crippen molar-refractivity contribution in [1.29, 1.82) is 0 Å². The van der Waals surface area contributed by atoms with Crippen LogP contribution in [-0.2, 0) is 9.53 Å². The van der Waals surface area contributed by atoms with Gasteiger partial charge in [-0.05, 0) is 37.6 Å². The van der Waals surface area contributed by atoms with E-state index in [0.717, 1.165) is 16.8 Å². The normalized spacial score (nSPS) is 10.8. The van der Waals surface area contributed by atoms with Gasteiger partial charge in [0.1, 0.15) is 6.61 Å². The first-order chi connectivity index (χ1) is 14.6. The Balaban J connectivity index is 1.85. The molecule has 1 amide bonds. The summed E-state index contributed by atoms with van der Waals surface area (Å²) in [6, 6.07) is 15.8. The number of nitrogens with zero attached hydrogens (tertiary/aromatic N) is 3. The third-order valence-electron chi connectivity index (χ3n) is 4.35. The van der Waals surface area contributed by atoms with Gasteiger partial charge in [-0.15, -0.1) is 16.7 Å². The van der Waals surface area contributed by atoms with E-state index in [2.05, 4.69) is 15.4 Å². The zero-order valence-corrected chi connectivity index (χ0v) is 17.9. The maximum absolute atomic E-state index is 11.9. The Morgan fingerprint density at radius 1 is 1.10 bits per heavy atom. The monoisotopic (exact) mass is 428 g/mol. The van der Waals surface area contributed by atoms with Crippen molar-refractivity contribution in [2.45, 2.75) is 19.8 Å². The van der Waals surface area contributed by atoms with E-state index in [0.29, 0.717) is 43.4 Å². The SMILES string of the molecule is COCCOc1nc(-c2ccc(C)cc2)n(-c2ccc(NC(=O)CCCCl)cc2)n1. The summed E-state index contributed by atoms with van der Waals surface area (Å²) < 4.78 is 12.4. The molecular formula is C22H25ClN4O3. The van der Waals surface area contributed by atoms with Crippen molar-refractivity contribution in [3.8, 4) is 23.1 Å². The second-order valence-corrected chi connectivity index (χ2v) is 7.10. The quantitative estimate of drug-likeness (QED) is 0.386. The smallest absolute Gasteiger partial charge is 0.336 e. The molecule has 3 rings (SSSR count). The molecule has 0 aliphatic carbocycles. The number of hydrogen-bond acceptors (Lipinski definition) is 5. The van der Waals surface area contributed by atoms with Crippen LogP contribution in [0.15, 0.2) is 48.5 Å². The summed E-state index contributed by atoms with van der Waals surface area (Å²) in [6.45, 7) is 2.85. The van der Waals surface area contributed by atoms with Crippen LogP contribution in [0.4, 0.5) is 5.69 Å². The van der Waals surface area contributed by atoms with E-state index in [1.165, 1.54) is 0 Å². The van der Waals surface area contributed by atoms with Crippen LogP contribution in [-0.4, -0.2) is 46.9 Å². The molecule has 0 unspecified atom stereocenters. The molecule has 0 spiro atoms. The first-order valence-electron chi connectivity index (χ1n) is 9.73. The largest absolute Gasteiger partial charge is 0.460 e. The summed E-state index contributed by atoms with van der Waals surface area (Å²) in [5.74, 6) is 1.08. The van der Waals surface area contributed by atoms with Gasteiger partial charge in [0, 0.05) is 30.7 Å². The van der Waals surface area contributed by atoms with Gasteiger partial charge in [0.25, 0.3) is 0 Å². The van der Waals surface area contributed by atoms with Crippen molar-refractivity contribution >= 4 is 23.2 Å². The number of benzene rings is 2. The predicted octanol–water partition coefficient (Wildman–Crippen LogP) is 4.23. The van der Waals surface area contributed by atoms with E-state index in [-0.39, 0.29) is 11.9 Å². The molecule has 2 aromatic carbocycles. The van der Waals surface area contributed by atoms with Gasteiger partial charge < -0.3 is 14.8 Å². The Bertz CT molecular complexity index is 956. The lowest BCUT2D eigenvalue weighted by Crippen LogP contribution is -2.11. The molecule has 0 fully saturated rings. The highest BCUT2D eigenvalue weighted by Crippen LogP contribution is 2.25. The Labute approximate surface area is 181 Å². The number of methoxy groups -OCH3 is 1. The fraction of sp³-hybridized carbons (Fsp3) is 0.318. The number of aromatic nitrogens is 3. The fourth-order valence-corrected chi connectivity index (χ4v) is 2.91. The number of halogens is 1. The average molecular weight is 429 g/mol. The Hall–Kier alpha value is -2.90. The second kappa shape index (κ2) is 10.8. The zero-order valence-electron chi connectivity index (χ0n) is 17.1. The van der Waals surface area contributed by atoms with E-state index >= 15 is 0 Å². The van der Waals surface area contributed by atoms with Crippen LogP contribution in [0.25, 0.3) is 17.1 Å². The van der Waals surface area contributed by atoms with E-state index in [9.17, 15) is 4.79 Å². The number of nitrogens with one attached hydrogen (secondary N) is 1. The summed E-state index contributed by atoms with van der Waals surface area (Å²) in [5, 5.41) is 7.37. The molecule has 0 atom stereocenters. The van der Waals surface area contributed by atoms with Crippen LogP contribution in [0.3, 0.4) is 0 Å². The summed E-state index contributed by atoms with van der Waals surface area (Å²) in [6.07, 6.45) is 1.05. The highest BCUT2D eigenvalue weighted by molar-refractivity contribution is 6.18. The lowest BCUT2D eigenvalue weighted by Gasteiger charge is -2.08. The molecule has 158 valence electrons. The van der Waals surface area contributed by atoms with Crippen molar-refractivity contribution in [1.82, 2.24) is 14.8 Å². The van der Waals surface area contributed by atoms with Crippen molar-refractivity contribution in [2.24, 2.45) is 0 Å². The molecule has 0 aliphatic heterocycles. The topological polar surface area (TPSA) is 78.3 Å². The van der Waals surface area contributed by atoms with Crippen molar-refractivity contribution < 1.29 is 14.3 Å². The van der Waals surface area contributed by atoms with Crippen molar-refractivity contribution in [3.05, 3.63) is 54.1 Å². The fourth-order valence-electron chi connectivity index (χ4n) is 2.78. The minimum Gasteiger partial charge on any atom is -0.460 e. The van der Waals surface area contributed by atoms with Crippen LogP contribution in [0.2, 0.25) is 0 Å². The molecule has 0 bridgehead atoms. The molecule has 30 heavy (non-hydrogen) atoms. The number of anilines is 1. The molecule has 0 saturated carbocycles. The highest BCUT2D eigenvalue weighted by Gasteiger charge is 2.15. The maximum Gasteiger partial charge on any atom is 0.336 e. The number of alkyl halides is 1. The first kappa shape index (κ1) is 21.8. The third kappa shape index (κ3) is 5.81. The van der Waals surface area contributed by atoms with Gasteiger partial charge in [0.05, 0.1) is 12.3 Å². The van der Waals surface area contributed by atoms with Gasteiger partial charge in [-0.3, -0.25) is 4.79 Å². The van der Waals surface area contributed by atoms with Crippen LogP contribution < -0.4 is 10.1 Å². The number of carbonyl (C=O) groups is 1. The Morgan fingerprint density at radius 3 is 2.50 bits per heavy atom. The zero-order chi connectivity index (χ0) is 21.3. The number of carbonyl (C=O) groups excluding carboxylic acids is 1. The molecule has 1 aromatic heterocycles. The van der Waals surface area contributed by atoms with Crippen molar-refractivity contribution in [2.75, 3.05) is 31.5 Å². The lowest BCUT2D eigenvalue weighted by atomic mass is 10.1. The van der Waals surface area contributed by atoms with E-state index in [4.69, 9.17) is 21.1 Å². The first-order valence-corrected chi connectivity index (χ1v) is 10.3. The molecule has 7 nitrogen and oxygen atoms in total. The van der Waals surface area contributed by atoms with E-state index < -0.39 is 0 Å². The van der Waals surface area contributed by atoms with Crippen LogP contribution in [0.1, 0.15) is 18.4 Å². The highest BCUT2D eigenvalue weighted by atomic mass is 35.5.